The Kier molecular flexibility index (Phi) is 5.67. The highest BCUT2D eigenvalue weighted by Gasteiger charge is 2.19. The van der Waals surface area contributed by atoms with Gasteiger partial charge in [0.15, 0.2) is 0 Å². The summed E-state index contributed by atoms with van der Waals surface area (Å²) in [6.07, 6.45) is 2.67. The summed E-state index contributed by atoms with van der Waals surface area (Å²) in [5, 5.41) is 5.77. The normalized spacial score (nSPS) is 20.2. The van der Waals surface area contributed by atoms with Gasteiger partial charge in [0, 0.05) is 35.0 Å². The van der Waals surface area contributed by atoms with Crippen LogP contribution in [0.15, 0.2) is 15.9 Å². The molecule has 1 aliphatic rings. The van der Waals surface area contributed by atoms with Gasteiger partial charge in [-0.1, -0.05) is 13.8 Å². The molecule has 1 aromatic heterocycles. The SMILES string of the molecule is CC(C)CN(Cc1sccc1Br)CC1CCCN1. The minimum Gasteiger partial charge on any atom is -0.313 e. The largest absolute Gasteiger partial charge is 0.313 e. The molecule has 18 heavy (non-hydrogen) atoms. The monoisotopic (exact) mass is 330 g/mol. The van der Waals surface area contributed by atoms with E-state index in [0.717, 1.165) is 12.5 Å². The standard InChI is InChI=1S/C14H23BrN2S/c1-11(2)8-17(9-12-4-3-6-16-12)10-14-13(15)5-7-18-14/h5,7,11-12,16H,3-4,6,8-10H2,1-2H3. The predicted octanol–water partition coefficient (Wildman–Crippen LogP) is 3.72. The molecule has 1 aromatic rings. The first kappa shape index (κ1) is 14.5. The van der Waals surface area contributed by atoms with Gasteiger partial charge in [0.2, 0.25) is 0 Å². The first-order chi connectivity index (χ1) is 8.65. The zero-order chi connectivity index (χ0) is 13.0. The van der Waals surface area contributed by atoms with Gasteiger partial charge in [-0.2, -0.15) is 0 Å². The average molecular weight is 331 g/mol. The van der Waals surface area contributed by atoms with Gasteiger partial charge in [-0.05, 0) is 52.7 Å². The molecule has 102 valence electrons. The summed E-state index contributed by atoms with van der Waals surface area (Å²) in [5.74, 6) is 0.727. The molecule has 0 aliphatic carbocycles. The van der Waals surface area contributed by atoms with Crippen molar-refractivity contribution >= 4 is 27.3 Å². The maximum absolute atomic E-state index is 3.64. The lowest BCUT2D eigenvalue weighted by Crippen LogP contribution is -2.38. The van der Waals surface area contributed by atoms with Gasteiger partial charge in [-0.25, -0.2) is 0 Å². The van der Waals surface area contributed by atoms with Crippen molar-refractivity contribution in [2.24, 2.45) is 5.92 Å². The van der Waals surface area contributed by atoms with Gasteiger partial charge < -0.3 is 5.32 Å². The molecular weight excluding hydrogens is 308 g/mol. The van der Waals surface area contributed by atoms with E-state index in [1.807, 2.05) is 11.3 Å². The summed E-state index contributed by atoms with van der Waals surface area (Å²) in [6.45, 7) is 9.25. The summed E-state index contributed by atoms with van der Waals surface area (Å²) in [6, 6.07) is 2.85. The maximum Gasteiger partial charge on any atom is 0.0340 e. The summed E-state index contributed by atoms with van der Waals surface area (Å²) in [5.41, 5.74) is 0. The zero-order valence-corrected chi connectivity index (χ0v) is 13.7. The Bertz CT molecular complexity index is 358. The number of rotatable bonds is 6. The summed E-state index contributed by atoms with van der Waals surface area (Å²) >= 11 is 5.50. The van der Waals surface area contributed by atoms with Crippen molar-refractivity contribution in [1.29, 1.82) is 0 Å². The number of nitrogens with zero attached hydrogens (tertiary/aromatic N) is 1. The number of hydrogen-bond donors (Lipinski definition) is 1. The average Bonchev–Trinajstić information content (AvgIpc) is 2.91. The molecule has 1 saturated heterocycles. The molecule has 0 saturated carbocycles. The molecule has 1 atom stereocenters. The molecule has 0 amide bonds. The Hall–Kier alpha value is 0.1000. The van der Waals surface area contributed by atoms with Crippen LogP contribution in [0.3, 0.4) is 0 Å². The van der Waals surface area contributed by atoms with E-state index in [2.05, 4.69) is 51.4 Å². The van der Waals surface area contributed by atoms with E-state index in [0.29, 0.717) is 6.04 Å². The summed E-state index contributed by atoms with van der Waals surface area (Å²) < 4.78 is 1.26. The third-order valence-corrected chi connectivity index (χ3v) is 5.23. The molecule has 0 aromatic carbocycles. The van der Waals surface area contributed by atoms with Gasteiger partial charge in [-0.3, -0.25) is 4.90 Å². The molecule has 1 fully saturated rings. The fourth-order valence-corrected chi connectivity index (χ4v) is 4.10. The van der Waals surface area contributed by atoms with E-state index in [-0.39, 0.29) is 0 Å². The van der Waals surface area contributed by atoms with E-state index < -0.39 is 0 Å². The Morgan fingerprint density at radius 2 is 2.39 bits per heavy atom. The minimum atomic E-state index is 0.697. The predicted molar refractivity (Wildman–Crippen MR) is 83.2 cm³/mol. The third kappa shape index (κ3) is 4.34. The highest BCUT2D eigenvalue weighted by Crippen LogP contribution is 2.25. The van der Waals surface area contributed by atoms with Crippen LogP contribution >= 0.6 is 27.3 Å². The van der Waals surface area contributed by atoms with E-state index in [1.54, 1.807) is 0 Å². The van der Waals surface area contributed by atoms with Crippen LogP contribution in [0.5, 0.6) is 0 Å². The molecule has 0 radical (unpaired) electrons. The molecule has 2 rings (SSSR count). The fourth-order valence-electron chi connectivity index (χ4n) is 2.59. The van der Waals surface area contributed by atoms with Crippen LogP contribution in [-0.2, 0) is 6.54 Å². The minimum absolute atomic E-state index is 0.697. The molecule has 4 heteroatoms. The molecule has 0 spiro atoms. The topological polar surface area (TPSA) is 15.3 Å². The lowest BCUT2D eigenvalue weighted by Gasteiger charge is -2.27. The quantitative estimate of drug-likeness (QED) is 0.855. The molecule has 2 heterocycles. The highest BCUT2D eigenvalue weighted by molar-refractivity contribution is 9.10. The van der Waals surface area contributed by atoms with Crippen molar-refractivity contribution in [1.82, 2.24) is 10.2 Å². The van der Waals surface area contributed by atoms with E-state index in [1.165, 1.54) is 41.8 Å². The highest BCUT2D eigenvalue weighted by atomic mass is 79.9. The summed E-state index contributed by atoms with van der Waals surface area (Å²) in [7, 11) is 0. The summed E-state index contributed by atoms with van der Waals surface area (Å²) in [4.78, 5) is 4.05. The lowest BCUT2D eigenvalue weighted by atomic mass is 10.1. The van der Waals surface area contributed by atoms with Gasteiger partial charge >= 0.3 is 0 Å². The van der Waals surface area contributed by atoms with Crippen molar-refractivity contribution in [3.8, 4) is 0 Å². The van der Waals surface area contributed by atoms with Gasteiger partial charge in [0.25, 0.3) is 0 Å². The Balaban J connectivity index is 1.93. The van der Waals surface area contributed by atoms with Crippen molar-refractivity contribution in [3.05, 3.63) is 20.8 Å². The Morgan fingerprint density at radius 3 is 2.94 bits per heavy atom. The number of thiophene rings is 1. The maximum atomic E-state index is 3.64. The molecule has 1 aliphatic heterocycles. The van der Waals surface area contributed by atoms with Crippen LogP contribution in [0.1, 0.15) is 31.6 Å². The second-order valence-corrected chi connectivity index (χ2v) is 7.43. The van der Waals surface area contributed by atoms with Crippen molar-refractivity contribution in [3.63, 3.8) is 0 Å². The van der Waals surface area contributed by atoms with Gasteiger partial charge in [0.1, 0.15) is 0 Å². The molecular formula is C14H23BrN2S. The van der Waals surface area contributed by atoms with E-state index >= 15 is 0 Å². The van der Waals surface area contributed by atoms with Gasteiger partial charge in [0.05, 0.1) is 0 Å². The van der Waals surface area contributed by atoms with E-state index in [9.17, 15) is 0 Å². The molecule has 0 bridgehead atoms. The second kappa shape index (κ2) is 7.04. The number of halogens is 1. The first-order valence-corrected chi connectivity index (χ1v) is 8.50. The third-order valence-electron chi connectivity index (χ3n) is 3.32. The van der Waals surface area contributed by atoms with E-state index in [4.69, 9.17) is 0 Å². The molecule has 2 nitrogen and oxygen atoms in total. The zero-order valence-electron chi connectivity index (χ0n) is 11.3. The van der Waals surface area contributed by atoms with Crippen LogP contribution in [0, 0.1) is 5.92 Å². The van der Waals surface area contributed by atoms with Crippen molar-refractivity contribution in [2.45, 2.75) is 39.3 Å². The van der Waals surface area contributed by atoms with Crippen LogP contribution in [0.25, 0.3) is 0 Å². The Morgan fingerprint density at radius 1 is 1.56 bits per heavy atom. The smallest absolute Gasteiger partial charge is 0.0340 e. The molecule has 1 N–H and O–H groups in total. The van der Waals surface area contributed by atoms with Crippen LogP contribution < -0.4 is 5.32 Å². The van der Waals surface area contributed by atoms with Gasteiger partial charge in [-0.15, -0.1) is 11.3 Å². The molecule has 1 unspecified atom stereocenters. The fraction of sp³-hybridized carbons (Fsp3) is 0.714. The van der Waals surface area contributed by atoms with Crippen LogP contribution in [-0.4, -0.2) is 30.6 Å². The second-order valence-electron chi connectivity index (χ2n) is 5.57. The number of nitrogens with one attached hydrogen (secondary N) is 1. The van der Waals surface area contributed by atoms with Crippen molar-refractivity contribution < 1.29 is 0 Å². The number of hydrogen-bond acceptors (Lipinski definition) is 3. The lowest BCUT2D eigenvalue weighted by molar-refractivity contribution is 0.217. The van der Waals surface area contributed by atoms with Crippen molar-refractivity contribution in [2.75, 3.05) is 19.6 Å². The first-order valence-electron chi connectivity index (χ1n) is 6.82. The van der Waals surface area contributed by atoms with Crippen LogP contribution in [0.2, 0.25) is 0 Å². The van der Waals surface area contributed by atoms with Crippen LogP contribution in [0.4, 0.5) is 0 Å². The Labute approximate surface area is 123 Å².